The molecule has 0 radical (unpaired) electrons. The van der Waals surface area contributed by atoms with E-state index >= 15 is 0 Å². The Balaban J connectivity index is 0.977. The van der Waals surface area contributed by atoms with Crippen molar-refractivity contribution in [1.82, 2.24) is 4.57 Å². The first-order valence-electron chi connectivity index (χ1n) is 25.7. The van der Waals surface area contributed by atoms with Crippen LogP contribution in [0.1, 0.15) is 88.2 Å². The van der Waals surface area contributed by atoms with Gasteiger partial charge in [0.15, 0.2) is 0 Å². The molecule has 0 atom stereocenters. The van der Waals surface area contributed by atoms with E-state index in [1.54, 1.807) is 11.1 Å². The van der Waals surface area contributed by atoms with Gasteiger partial charge in [-0.3, -0.25) is 0 Å². The lowest BCUT2D eigenvalue weighted by Gasteiger charge is -2.57. The van der Waals surface area contributed by atoms with Crippen LogP contribution in [0.2, 0.25) is 0 Å². The summed E-state index contributed by atoms with van der Waals surface area (Å²) in [5, 5.41) is 2.93. The van der Waals surface area contributed by atoms with Gasteiger partial charge in [0.1, 0.15) is 0 Å². The Bertz CT molecular complexity index is 3030. The van der Waals surface area contributed by atoms with Crippen molar-refractivity contribution in [2.45, 2.75) is 87.9 Å². The van der Waals surface area contributed by atoms with E-state index in [9.17, 15) is 0 Å². The molecule has 0 N–H and O–H groups in total. The standard InChI is InChI=1S/C62H56BN3/c1-3-11-47(12-4-1)64-56-17-9-7-15-52(56)63-53-16-8-10-18-57(53)65(48-13-5-2-6-14-48)59-32-49(31-58(64)60(59)63)66-54-21-19-45(61-33-39-23-40(34-61)25-41(24-39)35-61)29-50(54)51-30-46(20-22-55(51)66)62-36-42-26-43(37-62)28-44(27-42)38-62/h1-22,29-32,39-44H,23-28,33-38H2. The van der Waals surface area contributed by atoms with Gasteiger partial charge < -0.3 is 14.4 Å². The molecule has 0 unspecified atom stereocenters. The highest BCUT2D eigenvalue weighted by atomic mass is 15.2. The number of aromatic nitrogens is 1. The molecule has 2 aliphatic heterocycles. The highest BCUT2D eigenvalue weighted by molar-refractivity contribution is 7.00. The molecule has 0 spiro atoms. The number of rotatable bonds is 5. The van der Waals surface area contributed by atoms with Gasteiger partial charge in [-0.1, -0.05) is 84.9 Å². The lowest BCUT2D eigenvalue weighted by Crippen LogP contribution is -2.61. The third-order valence-corrected chi connectivity index (χ3v) is 19.2. The maximum absolute atomic E-state index is 2.74. The second-order valence-corrected chi connectivity index (χ2v) is 23.0. The summed E-state index contributed by atoms with van der Waals surface area (Å²) in [5.41, 5.74) is 19.4. The molecule has 8 aromatic rings. The number of anilines is 6. The minimum Gasteiger partial charge on any atom is -0.311 e. The van der Waals surface area contributed by atoms with Crippen LogP contribution in [0.3, 0.4) is 0 Å². The largest absolute Gasteiger partial charge is 0.311 e. The van der Waals surface area contributed by atoms with E-state index in [0.29, 0.717) is 10.8 Å². The van der Waals surface area contributed by atoms with Crippen molar-refractivity contribution in [3.05, 3.63) is 169 Å². The lowest BCUT2D eigenvalue weighted by atomic mass is 9.33. The average Bonchev–Trinajstić information content (AvgIpc) is 3.67. The Hall–Kier alpha value is -6.00. The predicted octanol–water partition coefficient (Wildman–Crippen LogP) is 13.8. The molecule has 3 nitrogen and oxygen atoms in total. The van der Waals surface area contributed by atoms with E-state index in [1.165, 1.54) is 155 Å². The number of hydrogen-bond donors (Lipinski definition) is 0. The summed E-state index contributed by atoms with van der Waals surface area (Å²) < 4.78 is 2.68. The second-order valence-electron chi connectivity index (χ2n) is 23.0. The van der Waals surface area contributed by atoms with Crippen molar-refractivity contribution >= 4 is 79.0 Å². The fraction of sp³-hybridized carbons (Fsp3) is 0.323. The van der Waals surface area contributed by atoms with Crippen LogP contribution in [-0.2, 0) is 10.8 Å². The van der Waals surface area contributed by atoms with Crippen molar-refractivity contribution in [3.8, 4) is 5.69 Å². The zero-order valence-electron chi connectivity index (χ0n) is 37.9. The third-order valence-electron chi connectivity index (χ3n) is 19.2. The third kappa shape index (κ3) is 5.11. The van der Waals surface area contributed by atoms with Gasteiger partial charge in [0, 0.05) is 44.9 Å². The molecule has 8 bridgehead atoms. The second kappa shape index (κ2) is 13.3. The van der Waals surface area contributed by atoms with E-state index < -0.39 is 0 Å². The molecule has 3 heterocycles. The molecule has 1 aromatic heterocycles. The van der Waals surface area contributed by atoms with Crippen LogP contribution in [0.5, 0.6) is 0 Å². The smallest absolute Gasteiger partial charge is 0.252 e. The fourth-order valence-corrected chi connectivity index (χ4v) is 17.6. The van der Waals surface area contributed by atoms with Crippen LogP contribution < -0.4 is 26.2 Å². The monoisotopic (exact) mass is 853 g/mol. The van der Waals surface area contributed by atoms with Crippen LogP contribution in [0.4, 0.5) is 34.1 Å². The highest BCUT2D eigenvalue weighted by Crippen LogP contribution is 2.63. The molecule has 8 saturated carbocycles. The van der Waals surface area contributed by atoms with Gasteiger partial charge in [-0.15, -0.1) is 0 Å². The molecule has 7 aromatic carbocycles. The van der Waals surface area contributed by atoms with Crippen LogP contribution in [-0.4, -0.2) is 11.3 Å². The van der Waals surface area contributed by atoms with E-state index in [2.05, 4.69) is 172 Å². The number of fused-ring (bicyclic) bond motifs is 7. The van der Waals surface area contributed by atoms with Gasteiger partial charge in [0.05, 0.1) is 16.7 Å². The van der Waals surface area contributed by atoms with Gasteiger partial charge in [0.25, 0.3) is 6.71 Å². The van der Waals surface area contributed by atoms with E-state index in [1.807, 2.05) is 0 Å². The number of para-hydroxylation sites is 4. The minimum absolute atomic E-state index is 0.0974. The van der Waals surface area contributed by atoms with Gasteiger partial charge in [-0.05, 0) is 224 Å². The van der Waals surface area contributed by atoms with Crippen molar-refractivity contribution < 1.29 is 0 Å². The van der Waals surface area contributed by atoms with Crippen LogP contribution >= 0.6 is 0 Å². The van der Waals surface area contributed by atoms with Crippen molar-refractivity contribution in [2.75, 3.05) is 9.80 Å². The minimum atomic E-state index is 0.0974. The fourth-order valence-electron chi connectivity index (χ4n) is 17.6. The van der Waals surface area contributed by atoms with Gasteiger partial charge in [-0.2, -0.15) is 0 Å². The quantitative estimate of drug-likeness (QED) is 0.160. The maximum Gasteiger partial charge on any atom is 0.252 e. The average molecular weight is 854 g/mol. The predicted molar refractivity (Wildman–Crippen MR) is 275 cm³/mol. The van der Waals surface area contributed by atoms with Gasteiger partial charge in [0.2, 0.25) is 0 Å². The van der Waals surface area contributed by atoms with Gasteiger partial charge >= 0.3 is 0 Å². The summed E-state index contributed by atoms with van der Waals surface area (Å²) in [6.45, 7) is 0.0974. The Morgan fingerprint density at radius 2 is 0.742 bits per heavy atom. The van der Waals surface area contributed by atoms with Crippen LogP contribution in [0, 0.1) is 35.5 Å². The molecular formula is C62H56BN3. The van der Waals surface area contributed by atoms with Crippen molar-refractivity contribution in [2.24, 2.45) is 35.5 Å². The van der Waals surface area contributed by atoms with Crippen LogP contribution in [0.25, 0.3) is 27.5 Å². The van der Waals surface area contributed by atoms with Crippen LogP contribution in [0.15, 0.2) is 158 Å². The molecule has 0 amide bonds. The van der Waals surface area contributed by atoms with E-state index in [4.69, 9.17) is 0 Å². The lowest BCUT2D eigenvalue weighted by molar-refractivity contribution is -0.00528. The van der Waals surface area contributed by atoms with E-state index in [0.717, 1.165) is 35.5 Å². The van der Waals surface area contributed by atoms with E-state index in [-0.39, 0.29) is 6.71 Å². The summed E-state index contributed by atoms with van der Waals surface area (Å²) in [7, 11) is 0. The SMILES string of the molecule is c1ccc(N2c3ccccc3B3c4ccccc4N(c4ccccc4)c4cc(-n5c6ccc(C78CC9CC(CC(C9)C7)C8)cc6c6cc(C78CC9CC(CC(C9)C7)C8)ccc65)cc2c43)cc1. The molecule has 0 saturated heterocycles. The number of benzene rings is 7. The molecule has 10 aliphatic rings. The normalized spacial score (nSPS) is 29.4. The van der Waals surface area contributed by atoms with Gasteiger partial charge in [-0.25, -0.2) is 0 Å². The summed E-state index contributed by atoms with van der Waals surface area (Å²) in [6.07, 6.45) is 17.2. The first-order chi connectivity index (χ1) is 32.5. The molecular weight excluding hydrogens is 798 g/mol. The molecule has 66 heavy (non-hydrogen) atoms. The Morgan fingerprint density at radius 3 is 1.15 bits per heavy atom. The maximum atomic E-state index is 2.74. The summed E-state index contributed by atoms with van der Waals surface area (Å²) in [4.78, 5) is 5.13. The summed E-state index contributed by atoms with van der Waals surface area (Å²) >= 11 is 0. The molecule has 322 valence electrons. The highest BCUT2D eigenvalue weighted by Gasteiger charge is 2.53. The molecule has 4 heteroatoms. The topological polar surface area (TPSA) is 11.4 Å². The zero-order chi connectivity index (χ0) is 42.9. The Kier molecular flexibility index (Phi) is 7.50. The Morgan fingerprint density at radius 1 is 0.364 bits per heavy atom. The van der Waals surface area contributed by atoms with Crippen molar-refractivity contribution in [1.29, 1.82) is 0 Å². The molecule has 18 rings (SSSR count). The van der Waals surface area contributed by atoms with Crippen molar-refractivity contribution in [3.63, 3.8) is 0 Å². The molecule has 8 fully saturated rings. The Labute approximate surface area is 389 Å². The summed E-state index contributed by atoms with van der Waals surface area (Å²) in [6, 6.07) is 61.6. The first-order valence-corrected chi connectivity index (χ1v) is 25.7. The number of hydrogen-bond acceptors (Lipinski definition) is 2. The zero-order valence-corrected chi connectivity index (χ0v) is 37.9. The summed E-state index contributed by atoms with van der Waals surface area (Å²) in [5.74, 6) is 5.51. The number of nitrogens with zero attached hydrogens (tertiary/aromatic N) is 3. The first kappa shape index (κ1) is 37.1. The molecule has 8 aliphatic carbocycles.